The predicted molar refractivity (Wildman–Crippen MR) is 188 cm³/mol. The van der Waals surface area contributed by atoms with Gasteiger partial charge in [-0.05, 0) is 12.8 Å². The summed E-state index contributed by atoms with van der Waals surface area (Å²) < 4.78 is 16.4. The molecule has 1 rings (SSSR count). The van der Waals surface area contributed by atoms with E-state index in [2.05, 4.69) is 18.7 Å². The molecule has 1 aliphatic rings. The quantitative estimate of drug-likeness (QED) is 0.0531. The van der Waals surface area contributed by atoms with Crippen LogP contribution < -0.4 is 0 Å². The minimum absolute atomic E-state index is 0.0373. The molecule has 1 saturated heterocycles. The number of carbonyl (C=O) groups is 3. The third kappa shape index (κ3) is 26.4. The van der Waals surface area contributed by atoms with Crippen molar-refractivity contribution >= 4 is 17.8 Å². The van der Waals surface area contributed by atoms with Crippen molar-refractivity contribution in [3.05, 3.63) is 0 Å². The van der Waals surface area contributed by atoms with Crippen molar-refractivity contribution in [1.29, 1.82) is 0 Å². The van der Waals surface area contributed by atoms with Crippen molar-refractivity contribution < 1.29 is 28.6 Å². The summed E-state index contributed by atoms with van der Waals surface area (Å²) in [5.41, 5.74) is 0. The molecule has 1 heterocycles. The molecule has 0 spiro atoms. The van der Waals surface area contributed by atoms with E-state index in [4.69, 9.17) is 14.2 Å². The molecule has 0 unspecified atom stereocenters. The summed E-state index contributed by atoms with van der Waals surface area (Å²) in [6.45, 7) is 8.44. The Balaban J connectivity index is 2.20. The molecule has 270 valence electrons. The first-order valence-electron chi connectivity index (χ1n) is 19.5. The zero-order valence-electron chi connectivity index (χ0n) is 30.2. The van der Waals surface area contributed by atoms with Crippen molar-refractivity contribution in [2.45, 2.75) is 168 Å². The molecule has 1 amide bonds. The molecule has 0 atom stereocenters. The van der Waals surface area contributed by atoms with Crippen LogP contribution in [0.4, 0.5) is 0 Å². The zero-order chi connectivity index (χ0) is 33.3. The summed E-state index contributed by atoms with van der Waals surface area (Å²) in [5.74, 6) is -0.436. The standard InChI is InChI=1S/C38H72N2O6/c1-3-5-7-9-11-13-15-17-19-21-23-25-37(42)45-33-29-40(36(41)35-39-27-31-44-32-28-39)30-34-46-38(43)26-24-22-20-18-16-14-12-10-8-6-4-2/h3-35H2,1-2H3. The Labute approximate surface area is 283 Å². The molecule has 8 nitrogen and oxygen atoms in total. The SMILES string of the molecule is CCCCCCCCCCCCCC(=O)OCCN(CCOC(=O)CCCCCCCCCCCCC)C(=O)CN1CCOCC1. The molecule has 0 aliphatic carbocycles. The normalized spacial score (nSPS) is 13.5. The summed E-state index contributed by atoms with van der Waals surface area (Å²) in [6, 6.07) is 0. The van der Waals surface area contributed by atoms with Crippen LogP contribution in [0.3, 0.4) is 0 Å². The average Bonchev–Trinajstić information content (AvgIpc) is 3.05. The summed E-state index contributed by atoms with van der Waals surface area (Å²) in [6.07, 6.45) is 28.2. The highest BCUT2D eigenvalue weighted by molar-refractivity contribution is 5.78. The van der Waals surface area contributed by atoms with E-state index in [0.717, 1.165) is 38.8 Å². The first-order chi connectivity index (χ1) is 22.6. The molecule has 0 radical (unpaired) electrons. The van der Waals surface area contributed by atoms with E-state index >= 15 is 0 Å². The lowest BCUT2D eigenvalue weighted by Gasteiger charge is -2.29. The monoisotopic (exact) mass is 653 g/mol. The first kappa shape index (κ1) is 42.4. The van der Waals surface area contributed by atoms with Gasteiger partial charge in [0.25, 0.3) is 0 Å². The van der Waals surface area contributed by atoms with Gasteiger partial charge in [-0.3, -0.25) is 19.3 Å². The maximum Gasteiger partial charge on any atom is 0.305 e. The highest BCUT2D eigenvalue weighted by Crippen LogP contribution is 2.13. The van der Waals surface area contributed by atoms with Crippen molar-refractivity contribution in [3.8, 4) is 0 Å². The Bertz CT molecular complexity index is 684. The Morgan fingerprint density at radius 3 is 1.26 bits per heavy atom. The number of rotatable bonds is 32. The van der Waals surface area contributed by atoms with E-state index in [-0.39, 0.29) is 31.1 Å². The number of hydrogen-bond acceptors (Lipinski definition) is 7. The van der Waals surface area contributed by atoms with E-state index in [1.54, 1.807) is 4.90 Å². The largest absolute Gasteiger partial charge is 0.464 e. The van der Waals surface area contributed by atoms with Crippen LogP contribution in [-0.2, 0) is 28.6 Å². The van der Waals surface area contributed by atoms with Gasteiger partial charge in [-0.2, -0.15) is 0 Å². The molecular formula is C38H72N2O6. The number of carbonyl (C=O) groups excluding carboxylic acids is 3. The predicted octanol–water partition coefficient (Wildman–Crippen LogP) is 8.64. The van der Waals surface area contributed by atoms with Crippen LogP contribution in [0.5, 0.6) is 0 Å². The lowest BCUT2D eigenvalue weighted by molar-refractivity contribution is -0.148. The molecule has 0 aromatic rings. The molecule has 0 N–H and O–H groups in total. The number of esters is 2. The Morgan fingerprint density at radius 1 is 0.543 bits per heavy atom. The molecule has 46 heavy (non-hydrogen) atoms. The van der Waals surface area contributed by atoms with Crippen LogP contribution in [-0.4, -0.2) is 86.8 Å². The van der Waals surface area contributed by atoms with Crippen LogP contribution in [0.2, 0.25) is 0 Å². The molecule has 0 aromatic carbocycles. The minimum Gasteiger partial charge on any atom is -0.464 e. The Morgan fingerprint density at radius 2 is 0.891 bits per heavy atom. The average molecular weight is 653 g/mol. The second-order valence-electron chi connectivity index (χ2n) is 13.3. The maximum absolute atomic E-state index is 13.1. The Hall–Kier alpha value is -1.67. The number of unbranched alkanes of at least 4 members (excludes halogenated alkanes) is 20. The third-order valence-corrected chi connectivity index (χ3v) is 9.03. The van der Waals surface area contributed by atoms with Crippen molar-refractivity contribution in [2.75, 3.05) is 59.2 Å². The van der Waals surface area contributed by atoms with E-state index in [1.807, 2.05) is 0 Å². The van der Waals surface area contributed by atoms with Gasteiger partial charge in [0.15, 0.2) is 0 Å². The first-order valence-corrected chi connectivity index (χ1v) is 19.5. The molecule has 0 aromatic heterocycles. The fourth-order valence-electron chi connectivity index (χ4n) is 5.96. The topological polar surface area (TPSA) is 85.4 Å². The number of amides is 1. The van der Waals surface area contributed by atoms with Crippen molar-refractivity contribution in [1.82, 2.24) is 9.80 Å². The second-order valence-corrected chi connectivity index (χ2v) is 13.3. The summed E-state index contributed by atoms with van der Waals surface area (Å²) in [7, 11) is 0. The highest BCUT2D eigenvalue weighted by Gasteiger charge is 2.20. The van der Waals surface area contributed by atoms with Crippen LogP contribution in [0.25, 0.3) is 0 Å². The van der Waals surface area contributed by atoms with E-state index < -0.39 is 0 Å². The van der Waals surface area contributed by atoms with Crippen LogP contribution in [0.1, 0.15) is 168 Å². The van der Waals surface area contributed by atoms with Gasteiger partial charge >= 0.3 is 11.9 Å². The Kier molecular flexibility index (Phi) is 29.4. The zero-order valence-corrected chi connectivity index (χ0v) is 30.2. The summed E-state index contributed by atoms with van der Waals surface area (Å²) >= 11 is 0. The van der Waals surface area contributed by atoms with Crippen LogP contribution in [0, 0.1) is 0 Å². The second kappa shape index (κ2) is 31.9. The number of hydrogen-bond donors (Lipinski definition) is 0. The molecule has 0 saturated carbocycles. The van der Waals surface area contributed by atoms with Gasteiger partial charge in [-0.25, -0.2) is 0 Å². The van der Waals surface area contributed by atoms with E-state index in [1.165, 1.54) is 116 Å². The van der Waals surface area contributed by atoms with E-state index in [0.29, 0.717) is 45.7 Å². The van der Waals surface area contributed by atoms with Gasteiger partial charge in [-0.1, -0.05) is 142 Å². The molecule has 0 bridgehead atoms. The van der Waals surface area contributed by atoms with Gasteiger partial charge in [0.05, 0.1) is 32.8 Å². The van der Waals surface area contributed by atoms with Gasteiger partial charge in [0.1, 0.15) is 13.2 Å². The smallest absolute Gasteiger partial charge is 0.305 e. The molecule has 1 fully saturated rings. The molecule has 1 aliphatic heterocycles. The maximum atomic E-state index is 13.1. The van der Waals surface area contributed by atoms with Crippen LogP contribution in [0.15, 0.2) is 0 Å². The fraction of sp³-hybridized carbons (Fsp3) is 0.921. The summed E-state index contributed by atoms with van der Waals surface area (Å²) in [5, 5.41) is 0. The third-order valence-electron chi connectivity index (χ3n) is 9.03. The molecule has 8 heteroatoms. The summed E-state index contributed by atoms with van der Waals surface area (Å²) in [4.78, 5) is 41.5. The molecular weight excluding hydrogens is 580 g/mol. The lowest BCUT2D eigenvalue weighted by Crippen LogP contribution is -2.46. The van der Waals surface area contributed by atoms with Crippen LogP contribution >= 0.6 is 0 Å². The number of nitrogens with zero attached hydrogens (tertiary/aromatic N) is 2. The highest BCUT2D eigenvalue weighted by atomic mass is 16.5. The lowest BCUT2D eigenvalue weighted by atomic mass is 10.1. The van der Waals surface area contributed by atoms with Gasteiger partial charge in [0.2, 0.25) is 5.91 Å². The van der Waals surface area contributed by atoms with Gasteiger partial charge < -0.3 is 19.1 Å². The van der Waals surface area contributed by atoms with Crippen molar-refractivity contribution in [2.24, 2.45) is 0 Å². The van der Waals surface area contributed by atoms with Crippen molar-refractivity contribution in [3.63, 3.8) is 0 Å². The van der Waals surface area contributed by atoms with Gasteiger partial charge in [-0.15, -0.1) is 0 Å². The number of morpholine rings is 1. The minimum atomic E-state index is -0.199. The van der Waals surface area contributed by atoms with Gasteiger partial charge in [0, 0.05) is 25.9 Å². The fourth-order valence-corrected chi connectivity index (χ4v) is 5.96. The number of ether oxygens (including phenoxy) is 3. The van der Waals surface area contributed by atoms with E-state index in [9.17, 15) is 14.4 Å².